The monoisotopic (exact) mass is 401 g/mol. The summed E-state index contributed by atoms with van der Waals surface area (Å²) >= 11 is 7.36. The molecule has 1 aliphatic heterocycles. The van der Waals surface area contributed by atoms with Crippen LogP contribution >= 0.6 is 23.4 Å². The Kier molecular flexibility index (Phi) is 6.19. The number of aliphatic imine (C=N–C) groups is 1. The zero-order chi connectivity index (χ0) is 19.4. The van der Waals surface area contributed by atoms with Crippen LogP contribution in [0.3, 0.4) is 0 Å². The highest BCUT2D eigenvalue weighted by Crippen LogP contribution is 2.26. The van der Waals surface area contributed by atoms with Gasteiger partial charge in [-0.15, -0.1) is 0 Å². The highest BCUT2D eigenvalue weighted by molar-refractivity contribution is 8.15. The van der Waals surface area contributed by atoms with Crippen molar-refractivity contribution in [2.24, 2.45) is 4.99 Å². The lowest BCUT2D eigenvalue weighted by atomic mass is 10.1. The molecule has 0 aliphatic carbocycles. The lowest BCUT2D eigenvalue weighted by molar-refractivity contribution is -0.122. The number of hydrogen-bond acceptors (Lipinski definition) is 4. The third kappa shape index (κ3) is 5.11. The van der Waals surface area contributed by atoms with Gasteiger partial charge in [-0.3, -0.25) is 14.6 Å². The fourth-order valence-electron chi connectivity index (χ4n) is 2.63. The van der Waals surface area contributed by atoms with Gasteiger partial charge in [0, 0.05) is 17.1 Å². The highest BCUT2D eigenvalue weighted by atomic mass is 35.5. The molecule has 1 heterocycles. The molecule has 3 rings (SSSR count). The molecule has 0 unspecified atom stereocenters. The molecule has 7 heteroatoms. The molecular weight excluding hydrogens is 382 g/mol. The number of hydrogen-bond donors (Lipinski definition) is 2. The molecule has 2 amide bonds. The Balaban J connectivity index is 1.59. The number of amidine groups is 1. The van der Waals surface area contributed by atoms with E-state index >= 15 is 0 Å². The van der Waals surface area contributed by atoms with Crippen molar-refractivity contribution in [2.75, 3.05) is 5.32 Å². The zero-order valence-electron chi connectivity index (χ0n) is 15.0. The topological polar surface area (TPSA) is 70.6 Å². The van der Waals surface area contributed by atoms with E-state index in [9.17, 15) is 9.59 Å². The van der Waals surface area contributed by atoms with Crippen LogP contribution in [0.5, 0.6) is 0 Å². The minimum absolute atomic E-state index is 0.0702. The summed E-state index contributed by atoms with van der Waals surface area (Å²) in [5.74, 6) is -0.434. The Hall–Kier alpha value is -2.31. The fraction of sp³-hybridized carbons (Fsp3) is 0.250. The van der Waals surface area contributed by atoms with E-state index in [0.29, 0.717) is 15.9 Å². The number of nitrogens with one attached hydrogen (secondary N) is 2. The molecule has 2 atom stereocenters. The normalized spacial score (nSPS) is 19.0. The van der Waals surface area contributed by atoms with Gasteiger partial charge in [0.2, 0.25) is 11.8 Å². The highest BCUT2D eigenvalue weighted by Gasteiger charge is 2.32. The summed E-state index contributed by atoms with van der Waals surface area (Å²) in [5.41, 5.74) is 2.62. The van der Waals surface area contributed by atoms with Gasteiger partial charge in [-0.25, -0.2) is 0 Å². The van der Waals surface area contributed by atoms with Crippen LogP contribution in [0.2, 0.25) is 5.02 Å². The molecule has 0 bridgehead atoms. The van der Waals surface area contributed by atoms with Gasteiger partial charge in [0.05, 0.1) is 6.04 Å². The van der Waals surface area contributed by atoms with Gasteiger partial charge >= 0.3 is 0 Å². The third-order valence-corrected chi connectivity index (χ3v) is 5.70. The summed E-state index contributed by atoms with van der Waals surface area (Å²) < 4.78 is 0. The van der Waals surface area contributed by atoms with Crippen molar-refractivity contribution in [3.63, 3.8) is 0 Å². The molecule has 5 nitrogen and oxygen atoms in total. The Morgan fingerprint density at radius 2 is 2.04 bits per heavy atom. The summed E-state index contributed by atoms with van der Waals surface area (Å²) in [6, 6.07) is 15.1. The summed E-state index contributed by atoms with van der Waals surface area (Å²) in [6.07, 6.45) is 0.0702. The largest absolute Gasteiger partial charge is 0.326 e. The SMILES string of the molecule is Cc1ccc(NC(=O)C[C@H]2SC(=N[C@@H](C)c3ccccc3)NC2=O)cc1Cl. The first kappa shape index (κ1) is 19.5. The van der Waals surface area contributed by atoms with Crippen LogP contribution in [0.1, 0.15) is 30.5 Å². The molecule has 0 aromatic heterocycles. The second-order valence-corrected chi connectivity index (χ2v) is 7.93. The minimum atomic E-state index is -0.493. The quantitative estimate of drug-likeness (QED) is 0.783. The van der Waals surface area contributed by atoms with Crippen molar-refractivity contribution in [3.05, 3.63) is 64.7 Å². The number of halogens is 1. The average Bonchev–Trinajstić information content (AvgIpc) is 2.97. The first-order valence-electron chi connectivity index (χ1n) is 8.58. The molecule has 140 valence electrons. The van der Waals surface area contributed by atoms with Crippen LogP contribution in [0.25, 0.3) is 0 Å². The predicted molar refractivity (Wildman–Crippen MR) is 111 cm³/mol. The molecule has 1 fully saturated rings. The molecule has 1 saturated heterocycles. The minimum Gasteiger partial charge on any atom is -0.326 e. The Labute approximate surface area is 167 Å². The maximum atomic E-state index is 12.3. The summed E-state index contributed by atoms with van der Waals surface area (Å²) in [7, 11) is 0. The Bertz CT molecular complexity index is 886. The van der Waals surface area contributed by atoms with Crippen LogP contribution in [0, 0.1) is 6.92 Å². The van der Waals surface area contributed by atoms with E-state index in [-0.39, 0.29) is 24.3 Å². The van der Waals surface area contributed by atoms with E-state index in [4.69, 9.17) is 11.6 Å². The Morgan fingerprint density at radius 1 is 1.30 bits per heavy atom. The number of carbonyl (C=O) groups is 2. The standard InChI is InChI=1S/C20H20ClN3O2S/c1-12-8-9-15(10-16(12)21)23-18(25)11-17-19(26)24-20(27-17)22-13(2)14-6-4-3-5-7-14/h3-10,13,17H,11H2,1-2H3,(H,23,25)(H,22,24,26)/t13-,17+/m0/s1. The van der Waals surface area contributed by atoms with Crippen molar-refractivity contribution in [2.45, 2.75) is 31.6 Å². The van der Waals surface area contributed by atoms with Gasteiger partial charge in [0.1, 0.15) is 5.25 Å². The smallest absolute Gasteiger partial charge is 0.240 e. The van der Waals surface area contributed by atoms with Gasteiger partial charge in [0.25, 0.3) is 0 Å². The average molecular weight is 402 g/mol. The third-order valence-electron chi connectivity index (χ3n) is 4.20. The van der Waals surface area contributed by atoms with E-state index < -0.39 is 5.25 Å². The lowest BCUT2D eigenvalue weighted by Gasteiger charge is -2.09. The zero-order valence-corrected chi connectivity index (χ0v) is 16.6. The lowest BCUT2D eigenvalue weighted by Crippen LogP contribution is -2.28. The predicted octanol–water partition coefficient (Wildman–Crippen LogP) is 4.33. The van der Waals surface area contributed by atoms with E-state index in [0.717, 1.165) is 11.1 Å². The van der Waals surface area contributed by atoms with Crippen molar-refractivity contribution >= 4 is 46.0 Å². The number of anilines is 1. The van der Waals surface area contributed by atoms with Crippen LogP contribution in [0.4, 0.5) is 5.69 Å². The van der Waals surface area contributed by atoms with Crippen molar-refractivity contribution in [1.82, 2.24) is 5.32 Å². The molecule has 2 aromatic carbocycles. The van der Waals surface area contributed by atoms with Gasteiger partial charge in [-0.2, -0.15) is 0 Å². The second kappa shape index (κ2) is 8.59. The van der Waals surface area contributed by atoms with E-state index in [2.05, 4.69) is 15.6 Å². The number of rotatable bonds is 5. The van der Waals surface area contributed by atoms with Crippen LogP contribution in [-0.4, -0.2) is 22.2 Å². The summed E-state index contributed by atoms with van der Waals surface area (Å²) in [4.78, 5) is 29.0. The van der Waals surface area contributed by atoms with Gasteiger partial charge in [-0.1, -0.05) is 59.8 Å². The maximum Gasteiger partial charge on any atom is 0.240 e. The molecule has 2 aromatic rings. The molecular formula is C20H20ClN3O2S. The van der Waals surface area contributed by atoms with E-state index in [1.54, 1.807) is 12.1 Å². The van der Waals surface area contributed by atoms with Crippen molar-refractivity contribution in [1.29, 1.82) is 0 Å². The molecule has 27 heavy (non-hydrogen) atoms. The van der Waals surface area contributed by atoms with Crippen LogP contribution in [-0.2, 0) is 9.59 Å². The Morgan fingerprint density at radius 3 is 2.74 bits per heavy atom. The van der Waals surface area contributed by atoms with Crippen molar-refractivity contribution < 1.29 is 9.59 Å². The molecule has 0 saturated carbocycles. The van der Waals surface area contributed by atoms with Gasteiger partial charge in [-0.05, 0) is 37.1 Å². The van der Waals surface area contributed by atoms with Crippen LogP contribution in [0.15, 0.2) is 53.5 Å². The number of nitrogens with zero attached hydrogens (tertiary/aromatic N) is 1. The first-order chi connectivity index (χ1) is 12.9. The summed E-state index contributed by atoms with van der Waals surface area (Å²) in [5, 5.41) is 6.19. The molecule has 0 spiro atoms. The number of aryl methyl sites for hydroxylation is 1. The number of amides is 2. The summed E-state index contributed by atoms with van der Waals surface area (Å²) in [6.45, 7) is 3.86. The number of thioether (sulfide) groups is 1. The second-order valence-electron chi connectivity index (χ2n) is 6.33. The van der Waals surface area contributed by atoms with E-state index in [1.165, 1.54) is 11.8 Å². The van der Waals surface area contributed by atoms with E-state index in [1.807, 2.05) is 50.2 Å². The number of benzene rings is 2. The first-order valence-corrected chi connectivity index (χ1v) is 9.84. The van der Waals surface area contributed by atoms with Crippen LogP contribution < -0.4 is 10.6 Å². The van der Waals surface area contributed by atoms with Gasteiger partial charge < -0.3 is 10.6 Å². The fourth-order valence-corrected chi connectivity index (χ4v) is 3.86. The molecule has 2 N–H and O–H groups in total. The maximum absolute atomic E-state index is 12.3. The molecule has 1 aliphatic rings. The van der Waals surface area contributed by atoms with Gasteiger partial charge in [0.15, 0.2) is 5.17 Å². The molecule has 0 radical (unpaired) electrons. The van der Waals surface area contributed by atoms with Crippen molar-refractivity contribution in [3.8, 4) is 0 Å². The number of carbonyl (C=O) groups excluding carboxylic acids is 2.